The molecular weight excluding hydrogens is 242 g/mol. The van der Waals surface area contributed by atoms with Crippen molar-refractivity contribution < 1.29 is 14.2 Å². The average molecular weight is 267 g/mol. The van der Waals surface area contributed by atoms with Gasteiger partial charge in [-0.1, -0.05) is 19.9 Å². The zero-order valence-corrected chi connectivity index (χ0v) is 12.4. The van der Waals surface area contributed by atoms with Crippen molar-refractivity contribution >= 4 is 0 Å². The van der Waals surface area contributed by atoms with Gasteiger partial charge in [0.1, 0.15) is 0 Å². The summed E-state index contributed by atoms with van der Waals surface area (Å²) in [4.78, 5) is 0. The first-order valence-electron chi connectivity index (χ1n) is 6.75. The van der Waals surface area contributed by atoms with Crippen LogP contribution in [0.5, 0.6) is 11.5 Å². The van der Waals surface area contributed by atoms with Gasteiger partial charge in [-0.15, -0.1) is 0 Å². The fourth-order valence-corrected chi connectivity index (χ4v) is 1.63. The SMILES string of the molecule is CCOCOc1ccc(CNCC(C)C)cc1OC. The van der Waals surface area contributed by atoms with E-state index in [2.05, 4.69) is 19.2 Å². The van der Waals surface area contributed by atoms with Gasteiger partial charge in [0.15, 0.2) is 18.3 Å². The lowest BCUT2D eigenvalue weighted by Gasteiger charge is -2.13. The van der Waals surface area contributed by atoms with E-state index in [1.54, 1.807) is 7.11 Å². The summed E-state index contributed by atoms with van der Waals surface area (Å²) < 4.78 is 16.0. The van der Waals surface area contributed by atoms with Crippen molar-refractivity contribution in [2.45, 2.75) is 27.3 Å². The Labute approximate surface area is 116 Å². The number of nitrogens with one attached hydrogen (secondary N) is 1. The molecule has 0 fully saturated rings. The molecule has 0 saturated heterocycles. The first-order chi connectivity index (χ1) is 9.17. The van der Waals surface area contributed by atoms with Crippen LogP contribution in [-0.4, -0.2) is 27.1 Å². The lowest BCUT2D eigenvalue weighted by atomic mass is 10.2. The van der Waals surface area contributed by atoms with Gasteiger partial charge >= 0.3 is 0 Å². The Bertz CT molecular complexity index is 366. The lowest BCUT2D eigenvalue weighted by molar-refractivity contribution is 0.0209. The van der Waals surface area contributed by atoms with Gasteiger partial charge < -0.3 is 19.5 Å². The minimum Gasteiger partial charge on any atom is -0.493 e. The second kappa shape index (κ2) is 8.77. The predicted octanol–water partition coefficient (Wildman–Crippen LogP) is 2.81. The number of rotatable bonds is 9. The van der Waals surface area contributed by atoms with Crippen LogP contribution in [-0.2, 0) is 11.3 Å². The summed E-state index contributed by atoms with van der Waals surface area (Å²) in [5, 5.41) is 3.40. The zero-order valence-electron chi connectivity index (χ0n) is 12.4. The molecule has 0 radical (unpaired) electrons. The van der Waals surface area contributed by atoms with Crippen molar-refractivity contribution in [1.29, 1.82) is 0 Å². The van der Waals surface area contributed by atoms with Gasteiger partial charge in [0.25, 0.3) is 0 Å². The minimum absolute atomic E-state index is 0.248. The maximum atomic E-state index is 5.50. The molecule has 0 saturated carbocycles. The molecule has 0 unspecified atom stereocenters. The summed E-state index contributed by atoms with van der Waals surface area (Å²) in [6.07, 6.45) is 0. The van der Waals surface area contributed by atoms with Crippen LogP contribution in [0.2, 0.25) is 0 Å². The van der Waals surface area contributed by atoms with Crippen molar-refractivity contribution in [2.24, 2.45) is 5.92 Å². The highest BCUT2D eigenvalue weighted by Crippen LogP contribution is 2.28. The molecule has 19 heavy (non-hydrogen) atoms. The van der Waals surface area contributed by atoms with Gasteiger partial charge in [-0.05, 0) is 37.1 Å². The molecule has 0 aliphatic carbocycles. The molecule has 108 valence electrons. The van der Waals surface area contributed by atoms with Crippen LogP contribution in [0.1, 0.15) is 26.3 Å². The monoisotopic (exact) mass is 267 g/mol. The normalized spacial score (nSPS) is 10.8. The highest BCUT2D eigenvalue weighted by atomic mass is 16.7. The Balaban J connectivity index is 2.56. The van der Waals surface area contributed by atoms with Crippen LogP contribution in [0.3, 0.4) is 0 Å². The summed E-state index contributed by atoms with van der Waals surface area (Å²) in [5.74, 6) is 2.10. The van der Waals surface area contributed by atoms with Crippen LogP contribution in [0.4, 0.5) is 0 Å². The molecule has 4 nitrogen and oxygen atoms in total. The molecule has 0 atom stereocenters. The van der Waals surface area contributed by atoms with Crippen molar-refractivity contribution in [3.8, 4) is 11.5 Å². The quantitative estimate of drug-likeness (QED) is 0.551. The lowest BCUT2D eigenvalue weighted by Crippen LogP contribution is -2.18. The summed E-state index contributed by atoms with van der Waals surface area (Å²) in [7, 11) is 1.65. The van der Waals surface area contributed by atoms with E-state index in [9.17, 15) is 0 Å². The highest BCUT2D eigenvalue weighted by molar-refractivity contribution is 5.42. The second-order valence-corrected chi connectivity index (χ2v) is 4.76. The molecule has 0 aliphatic rings. The summed E-state index contributed by atoms with van der Waals surface area (Å²) in [6, 6.07) is 5.95. The smallest absolute Gasteiger partial charge is 0.189 e. The van der Waals surface area contributed by atoms with E-state index in [-0.39, 0.29) is 6.79 Å². The molecule has 1 rings (SSSR count). The molecule has 1 aromatic carbocycles. The van der Waals surface area contributed by atoms with E-state index >= 15 is 0 Å². The largest absolute Gasteiger partial charge is 0.493 e. The number of ether oxygens (including phenoxy) is 3. The molecule has 1 N–H and O–H groups in total. The second-order valence-electron chi connectivity index (χ2n) is 4.76. The Morgan fingerprint density at radius 3 is 2.63 bits per heavy atom. The summed E-state index contributed by atoms with van der Waals surface area (Å²) >= 11 is 0. The topological polar surface area (TPSA) is 39.7 Å². The van der Waals surface area contributed by atoms with E-state index in [1.165, 1.54) is 5.56 Å². The van der Waals surface area contributed by atoms with E-state index in [4.69, 9.17) is 14.2 Å². The number of benzene rings is 1. The Morgan fingerprint density at radius 2 is 2.00 bits per heavy atom. The molecule has 1 aromatic rings. The number of hydrogen-bond donors (Lipinski definition) is 1. The maximum Gasteiger partial charge on any atom is 0.189 e. The fourth-order valence-electron chi connectivity index (χ4n) is 1.63. The number of hydrogen-bond acceptors (Lipinski definition) is 4. The van der Waals surface area contributed by atoms with Crippen LogP contribution in [0, 0.1) is 5.92 Å². The molecular formula is C15H25NO3. The van der Waals surface area contributed by atoms with Crippen molar-refractivity contribution in [1.82, 2.24) is 5.32 Å². The fraction of sp³-hybridized carbons (Fsp3) is 0.600. The van der Waals surface area contributed by atoms with Gasteiger partial charge in [0.2, 0.25) is 0 Å². The number of methoxy groups -OCH3 is 1. The Kier molecular flexibility index (Phi) is 7.30. The minimum atomic E-state index is 0.248. The van der Waals surface area contributed by atoms with Crippen LogP contribution >= 0.6 is 0 Å². The molecule has 0 bridgehead atoms. The van der Waals surface area contributed by atoms with Gasteiger partial charge in [-0.2, -0.15) is 0 Å². The van der Waals surface area contributed by atoms with E-state index in [0.717, 1.165) is 18.8 Å². The van der Waals surface area contributed by atoms with Gasteiger partial charge in [0.05, 0.1) is 7.11 Å². The standard InChI is InChI=1S/C15H25NO3/c1-5-18-11-19-14-7-6-13(8-15(14)17-4)10-16-9-12(2)3/h6-8,12,16H,5,9-11H2,1-4H3. The van der Waals surface area contributed by atoms with E-state index in [0.29, 0.717) is 18.3 Å². The zero-order chi connectivity index (χ0) is 14.1. The molecule has 0 aliphatic heterocycles. The summed E-state index contributed by atoms with van der Waals surface area (Å²) in [6.45, 7) is 9.04. The van der Waals surface area contributed by atoms with Crippen LogP contribution in [0.15, 0.2) is 18.2 Å². The average Bonchev–Trinajstić information content (AvgIpc) is 2.39. The predicted molar refractivity (Wildman–Crippen MR) is 76.7 cm³/mol. The summed E-state index contributed by atoms with van der Waals surface area (Å²) in [5.41, 5.74) is 1.18. The highest BCUT2D eigenvalue weighted by Gasteiger charge is 2.06. The third kappa shape index (κ3) is 5.94. The molecule has 0 aromatic heterocycles. The molecule has 0 spiro atoms. The van der Waals surface area contributed by atoms with Crippen molar-refractivity contribution in [2.75, 3.05) is 27.1 Å². The van der Waals surface area contributed by atoms with Crippen molar-refractivity contribution in [3.05, 3.63) is 23.8 Å². The van der Waals surface area contributed by atoms with E-state index < -0.39 is 0 Å². The third-order valence-electron chi connectivity index (χ3n) is 2.61. The van der Waals surface area contributed by atoms with E-state index in [1.807, 2.05) is 25.1 Å². The van der Waals surface area contributed by atoms with Crippen LogP contribution in [0.25, 0.3) is 0 Å². The van der Waals surface area contributed by atoms with Gasteiger partial charge in [0, 0.05) is 13.2 Å². The first kappa shape index (κ1) is 15.8. The molecule has 0 heterocycles. The Morgan fingerprint density at radius 1 is 1.21 bits per heavy atom. The van der Waals surface area contributed by atoms with Gasteiger partial charge in [-0.25, -0.2) is 0 Å². The van der Waals surface area contributed by atoms with Crippen LogP contribution < -0.4 is 14.8 Å². The molecule has 0 amide bonds. The third-order valence-corrected chi connectivity index (χ3v) is 2.61. The maximum absolute atomic E-state index is 5.50. The van der Waals surface area contributed by atoms with Gasteiger partial charge in [-0.3, -0.25) is 0 Å². The van der Waals surface area contributed by atoms with Crippen molar-refractivity contribution in [3.63, 3.8) is 0 Å². The first-order valence-corrected chi connectivity index (χ1v) is 6.75. The Hall–Kier alpha value is -1.26. The molecule has 4 heteroatoms.